The molecule has 0 atom stereocenters. The summed E-state index contributed by atoms with van der Waals surface area (Å²) < 4.78 is 12.3. The smallest absolute Gasteiger partial charge is 0.399 e. The predicted molar refractivity (Wildman–Crippen MR) is 86.7 cm³/mol. The van der Waals surface area contributed by atoms with Gasteiger partial charge in [0.25, 0.3) is 0 Å². The molecule has 0 bridgehead atoms. The molecule has 0 N–H and O–H groups in total. The summed E-state index contributed by atoms with van der Waals surface area (Å²) in [6, 6.07) is 0. The lowest BCUT2D eigenvalue weighted by molar-refractivity contribution is 0.00578. The molecule has 0 aromatic rings. The number of hydrogen-bond acceptors (Lipinski definition) is 2. The normalized spacial score (nSPS) is 20.1. The molecule has 114 valence electrons. The first-order chi connectivity index (χ1) is 9.10. The molecule has 0 aliphatic carbocycles. The first kappa shape index (κ1) is 17.6. The predicted octanol–water partition coefficient (Wildman–Crippen LogP) is 4.94. The van der Waals surface area contributed by atoms with E-state index in [-0.39, 0.29) is 18.3 Å². The van der Waals surface area contributed by atoms with Crippen molar-refractivity contribution < 1.29 is 9.31 Å². The fourth-order valence-electron chi connectivity index (χ4n) is 1.99. The highest BCUT2D eigenvalue weighted by molar-refractivity contribution is 6.54. The van der Waals surface area contributed by atoms with Crippen LogP contribution in [0.4, 0.5) is 0 Å². The topological polar surface area (TPSA) is 18.5 Å². The van der Waals surface area contributed by atoms with Crippen LogP contribution >= 0.6 is 0 Å². The maximum Gasteiger partial charge on any atom is 0.498 e. The van der Waals surface area contributed by atoms with Crippen molar-refractivity contribution in [3.63, 3.8) is 0 Å². The summed E-state index contributed by atoms with van der Waals surface area (Å²) in [5.41, 5.74) is 5.43. The Bertz CT molecular complexity index is 385. The SMILES string of the molecule is CCCCC(=C=C(C)C(C)C)B1OC(C)(C)C(C)(C)O1. The number of allylic oxidation sites excluding steroid dienone is 1. The van der Waals surface area contributed by atoms with Crippen molar-refractivity contribution in [2.75, 3.05) is 0 Å². The molecule has 0 aromatic carbocycles. The Balaban J connectivity index is 3.06. The van der Waals surface area contributed by atoms with Crippen molar-refractivity contribution >= 4 is 7.12 Å². The first-order valence-corrected chi connectivity index (χ1v) is 7.92. The molecule has 1 rings (SSSR count). The quantitative estimate of drug-likeness (QED) is 0.524. The summed E-state index contributed by atoms with van der Waals surface area (Å²) in [4.78, 5) is 0. The van der Waals surface area contributed by atoms with E-state index in [0.717, 1.165) is 18.3 Å². The Morgan fingerprint density at radius 3 is 2.00 bits per heavy atom. The van der Waals surface area contributed by atoms with E-state index < -0.39 is 0 Å². The molecule has 0 aromatic heterocycles. The third-order valence-electron chi connectivity index (χ3n) is 4.56. The van der Waals surface area contributed by atoms with Gasteiger partial charge in [0.1, 0.15) is 0 Å². The average Bonchev–Trinajstić information content (AvgIpc) is 2.53. The van der Waals surface area contributed by atoms with Crippen LogP contribution in [-0.4, -0.2) is 18.3 Å². The fraction of sp³-hybridized carbons (Fsp3) is 0.824. The summed E-state index contributed by atoms with van der Waals surface area (Å²) in [6.07, 6.45) is 3.32. The molecular weight excluding hydrogens is 247 g/mol. The lowest BCUT2D eigenvalue weighted by Gasteiger charge is -2.32. The molecule has 0 radical (unpaired) electrons. The second kappa shape index (κ2) is 6.51. The summed E-state index contributed by atoms with van der Waals surface area (Å²) in [5, 5.41) is 0. The van der Waals surface area contributed by atoms with Gasteiger partial charge in [-0.2, -0.15) is 0 Å². The van der Waals surface area contributed by atoms with Crippen LogP contribution in [0.5, 0.6) is 0 Å². The molecule has 20 heavy (non-hydrogen) atoms. The maximum absolute atomic E-state index is 6.17. The van der Waals surface area contributed by atoms with Crippen LogP contribution in [0.15, 0.2) is 16.8 Å². The van der Waals surface area contributed by atoms with Crippen LogP contribution in [0.3, 0.4) is 0 Å². The molecule has 0 saturated carbocycles. The van der Waals surface area contributed by atoms with Gasteiger partial charge in [0.2, 0.25) is 0 Å². The van der Waals surface area contributed by atoms with E-state index in [9.17, 15) is 0 Å². The van der Waals surface area contributed by atoms with Crippen molar-refractivity contribution in [1.82, 2.24) is 0 Å². The largest absolute Gasteiger partial charge is 0.498 e. The molecule has 3 heteroatoms. The van der Waals surface area contributed by atoms with Gasteiger partial charge in [-0.15, -0.1) is 5.73 Å². The van der Waals surface area contributed by atoms with Crippen LogP contribution in [0.1, 0.15) is 74.7 Å². The highest BCUT2D eigenvalue weighted by Crippen LogP contribution is 2.39. The number of hydrogen-bond donors (Lipinski definition) is 0. The monoisotopic (exact) mass is 278 g/mol. The molecule has 2 nitrogen and oxygen atoms in total. The Morgan fingerprint density at radius 1 is 1.10 bits per heavy atom. The van der Waals surface area contributed by atoms with Gasteiger partial charge in [-0.05, 0) is 59.0 Å². The van der Waals surface area contributed by atoms with Gasteiger partial charge in [-0.1, -0.05) is 27.2 Å². The van der Waals surface area contributed by atoms with Gasteiger partial charge >= 0.3 is 7.12 Å². The van der Waals surface area contributed by atoms with E-state index in [4.69, 9.17) is 9.31 Å². The Hall–Kier alpha value is -0.495. The lowest BCUT2D eigenvalue weighted by atomic mass is 9.75. The van der Waals surface area contributed by atoms with E-state index in [1.165, 1.54) is 12.0 Å². The van der Waals surface area contributed by atoms with Gasteiger partial charge in [0.15, 0.2) is 0 Å². The highest BCUT2D eigenvalue weighted by atomic mass is 16.7. The highest BCUT2D eigenvalue weighted by Gasteiger charge is 2.52. The van der Waals surface area contributed by atoms with Gasteiger partial charge in [0, 0.05) is 5.47 Å². The van der Waals surface area contributed by atoms with Gasteiger partial charge in [-0.25, -0.2) is 0 Å². The molecule has 1 saturated heterocycles. The first-order valence-electron chi connectivity index (χ1n) is 7.92. The zero-order valence-electron chi connectivity index (χ0n) is 14.6. The summed E-state index contributed by atoms with van der Waals surface area (Å²) in [6.45, 7) is 17.1. The third kappa shape index (κ3) is 4.01. The molecule has 0 unspecified atom stereocenters. The molecule has 1 aliphatic rings. The molecule has 1 aliphatic heterocycles. The van der Waals surface area contributed by atoms with Crippen LogP contribution in [0.2, 0.25) is 0 Å². The van der Waals surface area contributed by atoms with Gasteiger partial charge < -0.3 is 9.31 Å². The molecule has 1 heterocycles. The number of rotatable bonds is 5. The van der Waals surface area contributed by atoms with E-state index in [1.807, 2.05) is 0 Å². The van der Waals surface area contributed by atoms with E-state index >= 15 is 0 Å². The summed E-state index contributed by atoms with van der Waals surface area (Å²) in [7, 11) is -0.250. The molecule has 0 spiro atoms. The van der Waals surface area contributed by atoms with Crippen LogP contribution < -0.4 is 0 Å². The van der Waals surface area contributed by atoms with Crippen molar-refractivity contribution in [1.29, 1.82) is 0 Å². The zero-order valence-corrected chi connectivity index (χ0v) is 14.6. The third-order valence-corrected chi connectivity index (χ3v) is 4.56. The Labute approximate surface area is 125 Å². The van der Waals surface area contributed by atoms with Crippen LogP contribution in [0.25, 0.3) is 0 Å². The van der Waals surface area contributed by atoms with Crippen molar-refractivity contribution in [2.45, 2.75) is 85.9 Å². The fourth-order valence-corrected chi connectivity index (χ4v) is 1.99. The second-order valence-corrected chi connectivity index (χ2v) is 7.18. The lowest BCUT2D eigenvalue weighted by Crippen LogP contribution is -2.41. The van der Waals surface area contributed by atoms with Crippen molar-refractivity contribution in [3.05, 3.63) is 16.8 Å². The van der Waals surface area contributed by atoms with Crippen molar-refractivity contribution in [2.24, 2.45) is 5.92 Å². The van der Waals surface area contributed by atoms with E-state index in [0.29, 0.717) is 5.92 Å². The van der Waals surface area contributed by atoms with Crippen LogP contribution in [-0.2, 0) is 9.31 Å². The minimum Gasteiger partial charge on any atom is -0.399 e. The summed E-state index contributed by atoms with van der Waals surface area (Å²) >= 11 is 0. The van der Waals surface area contributed by atoms with Gasteiger partial charge in [0.05, 0.1) is 11.2 Å². The minimum atomic E-state index is -0.275. The summed E-state index contributed by atoms with van der Waals surface area (Å²) in [5.74, 6) is 0.508. The molecule has 1 fully saturated rings. The van der Waals surface area contributed by atoms with Crippen LogP contribution in [0, 0.1) is 5.92 Å². The number of unbranched alkanes of at least 4 members (excludes halogenated alkanes) is 1. The maximum atomic E-state index is 6.17. The van der Waals surface area contributed by atoms with Gasteiger partial charge in [-0.3, -0.25) is 0 Å². The van der Waals surface area contributed by atoms with Crippen molar-refractivity contribution in [3.8, 4) is 0 Å². The molecular formula is C17H31BO2. The standard InChI is InChI=1S/C17H31BO2/c1-9-10-11-15(12-14(4)13(2)3)18-19-16(5,6)17(7,8)20-18/h13H,9-11H2,1-8H3. The van der Waals surface area contributed by atoms with E-state index in [1.54, 1.807) is 0 Å². The Kier molecular flexibility index (Phi) is 5.72. The Morgan fingerprint density at radius 2 is 1.60 bits per heavy atom. The minimum absolute atomic E-state index is 0.250. The zero-order chi connectivity index (χ0) is 15.6. The second-order valence-electron chi connectivity index (χ2n) is 7.18. The average molecular weight is 278 g/mol. The van der Waals surface area contributed by atoms with E-state index in [2.05, 4.69) is 61.1 Å². The molecule has 0 amide bonds.